The summed E-state index contributed by atoms with van der Waals surface area (Å²) in [5, 5.41) is 25.8. The summed E-state index contributed by atoms with van der Waals surface area (Å²) in [5.74, 6) is 0.845. The van der Waals surface area contributed by atoms with Crippen molar-refractivity contribution < 1.29 is 10.0 Å². The molecule has 2 atom stereocenters. The maximum atomic E-state index is 10.8. The zero-order valence-electron chi connectivity index (χ0n) is 10.7. The Balaban J connectivity index is 2.87. The highest BCUT2D eigenvalue weighted by Crippen LogP contribution is 2.21. The molecule has 0 amide bonds. The first kappa shape index (κ1) is 14.2. The van der Waals surface area contributed by atoms with Crippen molar-refractivity contribution in [2.75, 3.05) is 17.7 Å². The highest BCUT2D eigenvalue weighted by molar-refractivity contribution is 5.54. The largest absolute Gasteiger partial charge is 0.393 e. The molecule has 100 valence electrons. The van der Waals surface area contributed by atoms with Crippen LogP contribution in [0.15, 0.2) is 12.1 Å². The van der Waals surface area contributed by atoms with E-state index in [9.17, 15) is 15.2 Å². The van der Waals surface area contributed by atoms with Crippen molar-refractivity contribution in [3.05, 3.63) is 22.2 Å². The smallest absolute Gasteiger partial charge is 0.276 e. The fourth-order valence-corrected chi connectivity index (χ4v) is 1.65. The fourth-order valence-electron chi connectivity index (χ4n) is 1.65. The molecule has 0 spiro atoms. The summed E-state index contributed by atoms with van der Waals surface area (Å²) in [6, 6.07) is 2.72. The van der Waals surface area contributed by atoms with Crippen LogP contribution in [0.1, 0.15) is 20.3 Å². The monoisotopic (exact) mass is 254 g/mol. The number of aliphatic hydroxyl groups excluding tert-OH is 1. The Kier molecular flexibility index (Phi) is 4.85. The summed E-state index contributed by atoms with van der Waals surface area (Å²) in [5.41, 5.74) is -0.0268. The van der Waals surface area contributed by atoms with E-state index in [0.29, 0.717) is 18.1 Å². The molecule has 2 unspecified atom stereocenters. The second kappa shape index (κ2) is 6.15. The first-order valence-electron chi connectivity index (χ1n) is 5.71. The molecule has 1 heterocycles. The molecular formula is C11H18N4O3. The van der Waals surface area contributed by atoms with E-state index in [1.807, 2.05) is 6.92 Å². The molecule has 3 N–H and O–H groups in total. The Hall–Kier alpha value is -1.89. The van der Waals surface area contributed by atoms with Crippen LogP contribution in [-0.2, 0) is 0 Å². The van der Waals surface area contributed by atoms with Gasteiger partial charge >= 0.3 is 0 Å². The average Bonchev–Trinajstić information content (AvgIpc) is 2.27. The predicted octanol–water partition coefficient (Wildman–Crippen LogP) is 1.60. The van der Waals surface area contributed by atoms with Crippen LogP contribution in [0, 0.1) is 10.1 Å². The molecule has 0 aliphatic rings. The predicted molar refractivity (Wildman–Crippen MR) is 69.8 cm³/mol. The molecule has 0 saturated heterocycles. The molecule has 1 aromatic heterocycles. The van der Waals surface area contributed by atoms with Crippen LogP contribution in [0.5, 0.6) is 0 Å². The molecule has 7 nitrogen and oxygen atoms in total. The number of hydrogen-bond acceptors (Lipinski definition) is 6. The van der Waals surface area contributed by atoms with E-state index >= 15 is 0 Å². The lowest BCUT2D eigenvalue weighted by molar-refractivity contribution is -0.384. The molecule has 0 aliphatic heterocycles. The molecule has 0 saturated carbocycles. The number of rotatable bonds is 6. The van der Waals surface area contributed by atoms with E-state index in [1.54, 1.807) is 14.0 Å². The topological polar surface area (TPSA) is 100 Å². The Morgan fingerprint density at radius 2 is 2.06 bits per heavy atom. The molecule has 0 aromatic carbocycles. The zero-order valence-corrected chi connectivity index (χ0v) is 10.7. The van der Waals surface area contributed by atoms with E-state index in [4.69, 9.17) is 0 Å². The summed E-state index contributed by atoms with van der Waals surface area (Å²) < 4.78 is 0. The van der Waals surface area contributed by atoms with Crippen molar-refractivity contribution in [1.29, 1.82) is 0 Å². The Morgan fingerprint density at radius 1 is 1.44 bits per heavy atom. The average molecular weight is 254 g/mol. The number of anilines is 2. The highest BCUT2D eigenvalue weighted by atomic mass is 16.6. The normalized spacial score (nSPS) is 13.8. The van der Waals surface area contributed by atoms with Gasteiger partial charge in [-0.15, -0.1) is 0 Å². The molecule has 18 heavy (non-hydrogen) atoms. The second-order valence-electron chi connectivity index (χ2n) is 4.23. The van der Waals surface area contributed by atoms with Gasteiger partial charge in [-0.3, -0.25) is 10.1 Å². The molecule has 1 rings (SSSR count). The SMILES string of the molecule is CNc1cc([N+](=O)[O-])cc(NC(C)CC(C)O)n1. The third kappa shape index (κ3) is 4.17. The summed E-state index contributed by atoms with van der Waals surface area (Å²) in [6.07, 6.45) is 0.106. The minimum Gasteiger partial charge on any atom is -0.393 e. The first-order valence-corrected chi connectivity index (χ1v) is 5.71. The minimum atomic E-state index is -0.465. The van der Waals surface area contributed by atoms with Crippen LogP contribution in [0.3, 0.4) is 0 Å². The van der Waals surface area contributed by atoms with Gasteiger partial charge in [0.2, 0.25) is 0 Å². The van der Waals surface area contributed by atoms with Crippen molar-refractivity contribution in [1.82, 2.24) is 4.98 Å². The minimum absolute atomic E-state index is 0.0239. The Morgan fingerprint density at radius 3 is 2.56 bits per heavy atom. The van der Waals surface area contributed by atoms with Crippen molar-refractivity contribution >= 4 is 17.3 Å². The Labute approximate surface area is 105 Å². The molecule has 0 bridgehead atoms. The molecular weight excluding hydrogens is 236 g/mol. The van der Waals surface area contributed by atoms with Crippen molar-refractivity contribution in [2.24, 2.45) is 0 Å². The van der Waals surface area contributed by atoms with Gasteiger partial charge in [-0.1, -0.05) is 0 Å². The lowest BCUT2D eigenvalue weighted by atomic mass is 10.1. The molecule has 0 aliphatic carbocycles. The highest BCUT2D eigenvalue weighted by Gasteiger charge is 2.13. The molecule has 0 fully saturated rings. The third-order valence-corrected chi connectivity index (χ3v) is 2.37. The first-order chi connectivity index (χ1) is 8.42. The van der Waals surface area contributed by atoms with E-state index < -0.39 is 11.0 Å². The lowest BCUT2D eigenvalue weighted by Crippen LogP contribution is -2.21. The standard InChI is InChI=1S/C11H18N4O3/c1-7(4-8(2)16)13-11-6-9(15(17)18)5-10(12-3)14-11/h5-8,16H,4H2,1-3H3,(H2,12,13,14). The van der Waals surface area contributed by atoms with Gasteiger partial charge in [-0.25, -0.2) is 4.98 Å². The number of pyridine rings is 1. The van der Waals surface area contributed by atoms with Gasteiger partial charge in [0, 0.05) is 13.1 Å². The molecule has 0 radical (unpaired) electrons. The second-order valence-corrected chi connectivity index (χ2v) is 4.23. The number of aliphatic hydroxyl groups is 1. The Bertz CT molecular complexity index is 423. The zero-order chi connectivity index (χ0) is 13.7. The van der Waals surface area contributed by atoms with Crippen LogP contribution in [-0.4, -0.2) is 34.2 Å². The number of hydrogen-bond donors (Lipinski definition) is 3. The lowest BCUT2D eigenvalue weighted by Gasteiger charge is -2.16. The van der Waals surface area contributed by atoms with Crippen LogP contribution >= 0.6 is 0 Å². The van der Waals surface area contributed by atoms with E-state index in [0.717, 1.165) is 0 Å². The molecule has 1 aromatic rings. The van der Waals surface area contributed by atoms with Gasteiger partial charge in [-0.05, 0) is 20.3 Å². The molecule has 7 heteroatoms. The third-order valence-electron chi connectivity index (χ3n) is 2.37. The van der Waals surface area contributed by atoms with Gasteiger partial charge < -0.3 is 15.7 Å². The van der Waals surface area contributed by atoms with Gasteiger partial charge in [0.15, 0.2) is 0 Å². The van der Waals surface area contributed by atoms with Crippen LogP contribution in [0.2, 0.25) is 0 Å². The number of nitrogens with one attached hydrogen (secondary N) is 2. The van der Waals surface area contributed by atoms with Gasteiger partial charge in [0.25, 0.3) is 5.69 Å². The van der Waals surface area contributed by atoms with E-state index in [2.05, 4.69) is 15.6 Å². The summed E-state index contributed by atoms with van der Waals surface area (Å²) in [6.45, 7) is 3.57. The van der Waals surface area contributed by atoms with Crippen molar-refractivity contribution in [3.8, 4) is 0 Å². The fraction of sp³-hybridized carbons (Fsp3) is 0.545. The van der Waals surface area contributed by atoms with Gasteiger partial charge in [0.05, 0.1) is 23.2 Å². The summed E-state index contributed by atoms with van der Waals surface area (Å²) in [4.78, 5) is 14.5. The van der Waals surface area contributed by atoms with Gasteiger partial charge in [-0.2, -0.15) is 0 Å². The number of nitro groups is 1. The van der Waals surface area contributed by atoms with Gasteiger partial charge in [0.1, 0.15) is 11.6 Å². The number of aromatic nitrogens is 1. The number of nitrogens with zero attached hydrogens (tertiary/aromatic N) is 2. The van der Waals surface area contributed by atoms with Crippen LogP contribution in [0.25, 0.3) is 0 Å². The maximum absolute atomic E-state index is 10.8. The van der Waals surface area contributed by atoms with E-state index in [-0.39, 0.29) is 11.7 Å². The quantitative estimate of drug-likeness (QED) is 0.526. The summed E-state index contributed by atoms with van der Waals surface area (Å²) >= 11 is 0. The van der Waals surface area contributed by atoms with Crippen molar-refractivity contribution in [3.63, 3.8) is 0 Å². The van der Waals surface area contributed by atoms with Crippen molar-refractivity contribution in [2.45, 2.75) is 32.4 Å². The van der Waals surface area contributed by atoms with E-state index in [1.165, 1.54) is 12.1 Å². The van der Waals surface area contributed by atoms with Crippen LogP contribution in [0.4, 0.5) is 17.3 Å². The summed E-state index contributed by atoms with van der Waals surface area (Å²) in [7, 11) is 1.65. The van der Waals surface area contributed by atoms with Crippen LogP contribution < -0.4 is 10.6 Å². The maximum Gasteiger partial charge on any atom is 0.276 e.